The predicted molar refractivity (Wildman–Crippen MR) is 111 cm³/mol. The first-order valence-electron chi connectivity index (χ1n) is 9.54. The molecule has 0 saturated heterocycles. The molecule has 0 aliphatic rings. The Morgan fingerprint density at radius 3 is 2.60 bits per heavy atom. The maximum Gasteiger partial charge on any atom is 0.243 e. The number of fused-ring (bicyclic) bond motifs is 1. The summed E-state index contributed by atoms with van der Waals surface area (Å²) < 4.78 is 41.4. The fourth-order valence-electron chi connectivity index (χ4n) is 2.91. The minimum Gasteiger partial charge on any atom is -0.351 e. The van der Waals surface area contributed by atoms with Gasteiger partial charge in [0, 0.05) is 13.6 Å². The van der Waals surface area contributed by atoms with Crippen LogP contribution in [-0.4, -0.2) is 47.2 Å². The first-order chi connectivity index (χ1) is 14.2. The van der Waals surface area contributed by atoms with Crippen LogP contribution in [0.25, 0.3) is 11.0 Å². The lowest BCUT2D eigenvalue weighted by molar-refractivity contribution is -0.121. The number of rotatable bonds is 8. The summed E-state index contributed by atoms with van der Waals surface area (Å²) in [6.45, 7) is 3.88. The van der Waals surface area contributed by atoms with Gasteiger partial charge in [-0.1, -0.05) is 24.3 Å². The summed E-state index contributed by atoms with van der Waals surface area (Å²) in [6.07, 6.45) is 0.869. The quantitative estimate of drug-likeness (QED) is 0.589. The highest BCUT2D eigenvalue weighted by Crippen LogP contribution is 2.22. The van der Waals surface area contributed by atoms with E-state index < -0.39 is 15.9 Å². The van der Waals surface area contributed by atoms with E-state index in [1.54, 1.807) is 22.9 Å². The van der Waals surface area contributed by atoms with E-state index in [2.05, 4.69) is 15.6 Å². The highest BCUT2D eigenvalue weighted by atomic mass is 32.2. The van der Waals surface area contributed by atoms with E-state index in [1.165, 1.54) is 31.3 Å². The van der Waals surface area contributed by atoms with E-state index >= 15 is 0 Å². The van der Waals surface area contributed by atoms with Crippen molar-refractivity contribution < 1.29 is 17.6 Å². The lowest BCUT2D eigenvalue weighted by Gasteiger charge is -2.17. The molecule has 0 saturated carbocycles. The normalized spacial score (nSPS) is 13.0. The van der Waals surface area contributed by atoms with Gasteiger partial charge in [-0.05, 0) is 49.2 Å². The van der Waals surface area contributed by atoms with Gasteiger partial charge >= 0.3 is 0 Å². The number of nitrogens with zero attached hydrogens (tertiary/aromatic N) is 4. The van der Waals surface area contributed by atoms with Gasteiger partial charge in [0.2, 0.25) is 15.9 Å². The molecule has 0 spiro atoms. The fraction of sp³-hybridized carbons (Fsp3) is 0.350. The average Bonchev–Trinajstić information content (AvgIpc) is 3.16. The molecule has 0 aliphatic carbocycles. The molecule has 1 heterocycles. The Kier molecular flexibility index (Phi) is 6.47. The Labute approximate surface area is 174 Å². The zero-order valence-electron chi connectivity index (χ0n) is 17.0. The van der Waals surface area contributed by atoms with Crippen LogP contribution in [0, 0.1) is 5.82 Å². The summed E-state index contributed by atoms with van der Waals surface area (Å²) in [5.41, 5.74) is 1.94. The molecule has 0 fully saturated rings. The third-order valence-electron chi connectivity index (χ3n) is 4.93. The van der Waals surface area contributed by atoms with E-state index in [0.29, 0.717) is 11.1 Å². The van der Waals surface area contributed by atoms with Crippen LogP contribution in [-0.2, 0) is 21.4 Å². The second-order valence-corrected chi connectivity index (χ2v) is 9.15. The number of amides is 1. The molecule has 1 N–H and O–H groups in total. The number of hydrogen-bond acceptors (Lipinski definition) is 5. The number of likely N-dealkylation sites (N-methyl/N-ethyl adjacent to an activating group) is 1. The Balaban J connectivity index is 1.69. The van der Waals surface area contributed by atoms with Gasteiger partial charge in [-0.3, -0.25) is 4.79 Å². The summed E-state index contributed by atoms with van der Waals surface area (Å²) >= 11 is 0. The van der Waals surface area contributed by atoms with Crippen molar-refractivity contribution in [1.29, 1.82) is 0 Å². The number of aromatic nitrogens is 3. The molecule has 30 heavy (non-hydrogen) atoms. The molecule has 10 heteroatoms. The monoisotopic (exact) mass is 433 g/mol. The number of carbonyl (C=O) groups excluding carboxylic acids is 1. The van der Waals surface area contributed by atoms with Gasteiger partial charge in [0.05, 0.1) is 23.0 Å². The van der Waals surface area contributed by atoms with Crippen molar-refractivity contribution in [2.75, 3.05) is 13.6 Å². The third kappa shape index (κ3) is 4.65. The number of nitrogens with one attached hydrogen (secondary N) is 1. The minimum absolute atomic E-state index is 0.0417. The first-order valence-corrected chi connectivity index (χ1v) is 11.0. The van der Waals surface area contributed by atoms with Gasteiger partial charge in [0.25, 0.3) is 0 Å². The SMILES string of the molecule is CCC(C)n1nnc2cc(S(=O)(=O)N(C)CC(=O)NCc3ccc(F)cc3)ccc21. The number of carbonyl (C=O) groups is 1. The molecule has 160 valence electrons. The maximum atomic E-state index is 12.9. The lowest BCUT2D eigenvalue weighted by Crippen LogP contribution is -2.38. The number of hydrogen-bond donors (Lipinski definition) is 1. The fourth-order valence-corrected chi connectivity index (χ4v) is 4.05. The zero-order chi connectivity index (χ0) is 21.9. The van der Waals surface area contributed by atoms with Gasteiger partial charge < -0.3 is 5.32 Å². The molecular weight excluding hydrogens is 409 g/mol. The summed E-state index contributed by atoms with van der Waals surface area (Å²) in [5.74, 6) is -0.828. The van der Waals surface area contributed by atoms with Crippen LogP contribution in [0.3, 0.4) is 0 Å². The van der Waals surface area contributed by atoms with Crippen LogP contribution in [0.4, 0.5) is 4.39 Å². The van der Waals surface area contributed by atoms with E-state index in [4.69, 9.17) is 0 Å². The maximum absolute atomic E-state index is 12.9. The van der Waals surface area contributed by atoms with E-state index in [1.807, 2.05) is 13.8 Å². The van der Waals surface area contributed by atoms with Crippen molar-refractivity contribution in [3.8, 4) is 0 Å². The highest BCUT2D eigenvalue weighted by molar-refractivity contribution is 7.89. The molecule has 1 unspecified atom stereocenters. The highest BCUT2D eigenvalue weighted by Gasteiger charge is 2.24. The van der Waals surface area contributed by atoms with Crippen molar-refractivity contribution >= 4 is 27.0 Å². The van der Waals surface area contributed by atoms with Gasteiger partial charge in [-0.15, -0.1) is 5.10 Å². The second kappa shape index (κ2) is 8.88. The van der Waals surface area contributed by atoms with Crippen LogP contribution < -0.4 is 5.32 Å². The Morgan fingerprint density at radius 1 is 1.23 bits per heavy atom. The van der Waals surface area contributed by atoms with E-state index in [-0.39, 0.29) is 29.8 Å². The van der Waals surface area contributed by atoms with Crippen LogP contribution >= 0.6 is 0 Å². The number of benzene rings is 2. The molecule has 1 atom stereocenters. The Hall–Kier alpha value is -2.85. The molecule has 8 nitrogen and oxygen atoms in total. The minimum atomic E-state index is -3.88. The molecular formula is C20H24FN5O3S. The van der Waals surface area contributed by atoms with Gasteiger partial charge in [0.15, 0.2) is 0 Å². The van der Waals surface area contributed by atoms with Crippen LogP contribution in [0.1, 0.15) is 31.9 Å². The molecule has 0 bridgehead atoms. The summed E-state index contributed by atoms with van der Waals surface area (Å²) in [7, 11) is -2.54. The predicted octanol–water partition coefficient (Wildman–Crippen LogP) is 2.48. The molecule has 0 aliphatic heterocycles. The molecule has 3 aromatic rings. The van der Waals surface area contributed by atoms with Gasteiger partial charge in [-0.2, -0.15) is 4.31 Å². The van der Waals surface area contributed by atoms with Gasteiger partial charge in [0.1, 0.15) is 11.3 Å². The van der Waals surface area contributed by atoms with Crippen LogP contribution in [0.2, 0.25) is 0 Å². The lowest BCUT2D eigenvalue weighted by atomic mass is 10.2. The molecule has 2 aromatic carbocycles. The van der Waals surface area contributed by atoms with Gasteiger partial charge in [-0.25, -0.2) is 17.5 Å². The zero-order valence-corrected chi connectivity index (χ0v) is 17.9. The summed E-state index contributed by atoms with van der Waals surface area (Å²) in [4.78, 5) is 12.2. The Bertz CT molecular complexity index is 1140. The first kappa shape index (κ1) is 21.8. The van der Waals surface area contributed by atoms with Crippen molar-refractivity contribution in [3.63, 3.8) is 0 Å². The van der Waals surface area contributed by atoms with E-state index in [9.17, 15) is 17.6 Å². The molecule has 0 radical (unpaired) electrons. The van der Waals surface area contributed by atoms with Crippen molar-refractivity contribution in [2.45, 2.75) is 37.8 Å². The molecule has 1 amide bonds. The number of sulfonamides is 1. The molecule has 3 rings (SSSR count). The molecule has 1 aromatic heterocycles. The van der Waals surface area contributed by atoms with Crippen LogP contribution in [0.15, 0.2) is 47.4 Å². The summed E-state index contributed by atoms with van der Waals surface area (Å²) in [5, 5.41) is 10.8. The smallest absolute Gasteiger partial charge is 0.243 e. The Morgan fingerprint density at radius 2 is 1.93 bits per heavy atom. The van der Waals surface area contributed by atoms with Crippen molar-refractivity contribution in [2.24, 2.45) is 0 Å². The van der Waals surface area contributed by atoms with Crippen molar-refractivity contribution in [1.82, 2.24) is 24.6 Å². The number of halogens is 1. The largest absolute Gasteiger partial charge is 0.351 e. The second-order valence-electron chi connectivity index (χ2n) is 7.11. The average molecular weight is 434 g/mol. The standard InChI is InChI=1S/C20H24FN5O3S/c1-4-14(2)26-19-10-9-17(11-18(19)23-24-26)30(28,29)25(3)13-20(27)22-12-15-5-7-16(21)8-6-15/h5-11,14H,4,12-13H2,1-3H3,(H,22,27). The van der Waals surface area contributed by atoms with Crippen molar-refractivity contribution in [3.05, 3.63) is 53.8 Å². The summed E-state index contributed by atoms with van der Waals surface area (Å²) in [6, 6.07) is 10.5. The third-order valence-corrected chi connectivity index (χ3v) is 6.73. The van der Waals surface area contributed by atoms with E-state index in [0.717, 1.165) is 16.2 Å². The van der Waals surface area contributed by atoms with Crippen LogP contribution in [0.5, 0.6) is 0 Å². The topological polar surface area (TPSA) is 97.2 Å².